The fourth-order valence-corrected chi connectivity index (χ4v) is 3.20. The Bertz CT molecular complexity index is 780. The summed E-state index contributed by atoms with van der Waals surface area (Å²) in [5.41, 5.74) is 1.72. The van der Waals surface area contributed by atoms with E-state index in [9.17, 15) is 14.0 Å². The number of ether oxygens (including phenoxy) is 1. The summed E-state index contributed by atoms with van der Waals surface area (Å²) >= 11 is 0. The van der Waals surface area contributed by atoms with Gasteiger partial charge in [-0.3, -0.25) is 9.69 Å². The van der Waals surface area contributed by atoms with Gasteiger partial charge in [0.15, 0.2) is 0 Å². The van der Waals surface area contributed by atoms with E-state index in [1.54, 1.807) is 17.0 Å². The monoisotopic (exact) mass is 370 g/mol. The van der Waals surface area contributed by atoms with Gasteiger partial charge in [0, 0.05) is 12.1 Å². The van der Waals surface area contributed by atoms with Crippen LogP contribution in [0.3, 0.4) is 0 Å². The zero-order valence-electron chi connectivity index (χ0n) is 15.2. The van der Waals surface area contributed by atoms with Crippen LogP contribution in [-0.4, -0.2) is 31.2 Å². The standard InChI is InChI=1S/C21H23FN2O3/c1-2-15(16-8-10-17(22)11-9-16)12-20(25)23-13-19-14-24(21(26)27-19)18-6-4-3-5-7-18/h3-11,15,19H,2,12-14H2,1H3,(H,23,25). The number of amides is 2. The lowest BCUT2D eigenvalue weighted by Gasteiger charge is -2.16. The van der Waals surface area contributed by atoms with Gasteiger partial charge in [-0.05, 0) is 42.2 Å². The lowest BCUT2D eigenvalue weighted by Crippen LogP contribution is -2.35. The third kappa shape index (κ3) is 4.84. The molecule has 1 heterocycles. The van der Waals surface area contributed by atoms with E-state index in [4.69, 9.17) is 4.74 Å². The molecule has 2 aromatic carbocycles. The number of rotatable bonds is 7. The number of carbonyl (C=O) groups excluding carboxylic acids is 2. The first kappa shape index (κ1) is 18.9. The van der Waals surface area contributed by atoms with Gasteiger partial charge in [0.25, 0.3) is 0 Å². The molecule has 0 saturated carbocycles. The minimum absolute atomic E-state index is 0.0255. The van der Waals surface area contributed by atoms with Crippen molar-refractivity contribution in [3.05, 3.63) is 66.0 Å². The maximum absolute atomic E-state index is 13.1. The third-order valence-electron chi connectivity index (χ3n) is 4.73. The maximum Gasteiger partial charge on any atom is 0.414 e. The molecule has 2 unspecified atom stereocenters. The summed E-state index contributed by atoms with van der Waals surface area (Å²) in [4.78, 5) is 25.9. The number of halogens is 1. The second kappa shape index (κ2) is 8.66. The third-order valence-corrected chi connectivity index (χ3v) is 4.73. The fraction of sp³-hybridized carbons (Fsp3) is 0.333. The average molecular weight is 370 g/mol. The molecule has 1 saturated heterocycles. The van der Waals surface area contributed by atoms with Gasteiger partial charge in [-0.25, -0.2) is 9.18 Å². The highest BCUT2D eigenvalue weighted by molar-refractivity contribution is 5.89. The van der Waals surface area contributed by atoms with E-state index < -0.39 is 6.09 Å². The largest absolute Gasteiger partial charge is 0.442 e. The van der Waals surface area contributed by atoms with Gasteiger partial charge in [0.05, 0.1) is 13.1 Å². The molecule has 2 atom stereocenters. The number of nitrogens with zero attached hydrogens (tertiary/aromatic N) is 1. The first-order valence-electron chi connectivity index (χ1n) is 9.12. The summed E-state index contributed by atoms with van der Waals surface area (Å²) < 4.78 is 18.4. The molecule has 0 spiro atoms. The molecule has 0 bridgehead atoms. The number of benzene rings is 2. The molecule has 6 heteroatoms. The summed E-state index contributed by atoms with van der Waals surface area (Å²) in [6.45, 7) is 2.67. The Hall–Kier alpha value is -2.89. The molecule has 5 nitrogen and oxygen atoms in total. The molecule has 1 N–H and O–H groups in total. The van der Waals surface area contributed by atoms with E-state index in [2.05, 4.69) is 5.32 Å². The highest BCUT2D eigenvalue weighted by atomic mass is 19.1. The first-order chi connectivity index (χ1) is 13.1. The molecule has 2 aromatic rings. The molecule has 1 fully saturated rings. The van der Waals surface area contributed by atoms with Crippen LogP contribution in [0.5, 0.6) is 0 Å². The molecule has 0 radical (unpaired) electrons. The van der Waals surface area contributed by atoms with Crippen LogP contribution >= 0.6 is 0 Å². The molecule has 3 rings (SSSR count). The molecular formula is C21H23FN2O3. The minimum atomic E-state index is -0.404. The van der Waals surface area contributed by atoms with Crippen LogP contribution in [0.1, 0.15) is 31.2 Å². The van der Waals surface area contributed by atoms with Crippen LogP contribution in [0.4, 0.5) is 14.9 Å². The Labute approximate surface area is 158 Å². The van der Waals surface area contributed by atoms with E-state index in [1.807, 2.05) is 37.3 Å². The van der Waals surface area contributed by atoms with Gasteiger partial charge >= 0.3 is 6.09 Å². The van der Waals surface area contributed by atoms with E-state index in [0.717, 1.165) is 17.7 Å². The summed E-state index contributed by atoms with van der Waals surface area (Å²) in [7, 11) is 0. The second-order valence-corrected chi connectivity index (χ2v) is 6.62. The summed E-state index contributed by atoms with van der Waals surface area (Å²) in [5, 5.41) is 2.85. The van der Waals surface area contributed by atoms with Crippen LogP contribution in [0, 0.1) is 5.82 Å². The van der Waals surface area contributed by atoms with E-state index >= 15 is 0 Å². The van der Waals surface area contributed by atoms with Gasteiger partial charge in [-0.15, -0.1) is 0 Å². The summed E-state index contributed by atoms with van der Waals surface area (Å²) in [6, 6.07) is 15.5. The quantitative estimate of drug-likeness (QED) is 0.805. The number of hydrogen-bond donors (Lipinski definition) is 1. The van der Waals surface area contributed by atoms with Crippen molar-refractivity contribution in [2.24, 2.45) is 0 Å². The average Bonchev–Trinajstić information content (AvgIpc) is 3.06. The predicted octanol–water partition coefficient (Wildman–Crippen LogP) is 3.85. The Morgan fingerprint density at radius 1 is 1.22 bits per heavy atom. The lowest BCUT2D eigenvalue weighted by molar-refractivity contribution is -0.121. The molecule has 142 valence electrons. The lowest BCUT2D eigenvalue weighted by atomic mass is 9.93. The predicted molar refractivity (Wildman–Crippen MR) is 101 cm³/mol. The van der Waals surface area contributed by atoms with Crippen molar-refractivity contribution in [3.8, 4) is 0 Å². The summed E-state index contributed by atoms with van der Waals surface area (Å²) in [5.74, 6) is -0.373. The Balaban J connectivity index is 1.50. The SMILES string of the molecule is CCC(CC(=O)NCC1CN(c2ccccc2)C(=O)O1)c1ccc(F)cc1. The highest BCUT2D eigenvalue weighted by Crippen LogP contribution is 2.24. The van der Waals surface area contributed by atoms with Crippen molar-refractivity contribution in [1.29, 1.82) is 0 Å². The number of cyclic esters (lactones) is 1. The fourth-order valence-electron chi connectivity index (χ4n) is 3.20. The summed E-state index contributed by atoms with van der Waals surface area (Å²) in [6.07, 6.45) is 0.301. The normalized spacial score (nSPS) is 17.5. The number of nitrogens with one attached hydrogen (secondary N) is 1. The molecule has 0 aliphatic carbocycles. The van der Waals surface area contributed by atoms with Crippen molar-refractivity contribution >= 4 is 17.7 Å². The van der Waals surface area contributed by atoms with E-state index in [1.165, 1.54) is 12.1 Å². The van der Waals surface area contributed by atoms with Gasteiger partial charge in [-0.1, -0.05) is 37.3 Å². The van der Waals surface area contributed by atoms with Gasteiger partial charge in [0.2, 0.25) is 5.91 Å². The van der Waals surface area contributed by atoms with Crippen molar-refractivity contribution in [3.63, 3.8) is 0 Å². The van der Waals surface area contributed by atoms with Crippen LogP contribution in [-0.2, 0) is 9.53 Å². The Morgan fingerprint density at radius 2 is 1.93 bits per heavy atom. The van der Waals surface area contributed by atoms with Crippen molar-refractivity contribution in [2.75, 3.05) is 18.0 Å². The number of anilines is 1. The van der Waals surface area contributed by atoms with Crippen LogP contribution in [0.15, 0.2) is 54.6 Å². The molecular weight excluding hydrogens is 347 g/mol. The second-order valence-electron chi connectivity index (χ2n) is 6.62. The van der Waals surface area contributed by atoms with E-state index in [-0.39, 0.29) is 30.3 Å². The Morgan fingerprint density at radius 3 is 2.59 bits per heavy atom. The van der Waals surface area contributed by atoms with Crippen molar-refractivity contribution < 1.29 is 18.7 Å². The topological polar surface area (TPSA) is 58.6 Å². The molecule has 1 aliphatic rings. The van der Waals surface area contributed by atoms with Crippen LogP contribution in [0.2, 0.25) is 0 Å². The maximum atomic E-state index is 13.1. The van der Waals surface area contributed by atoms with Crippen LogP contribution < -0.4 is 10.2 Å². The first-order valence-corrected chi connectivity index (χ1v) is 9.12. The molecule has 27 heavy (non-hydrogen) atoms. The number of para-hydroxylation sites is 1. The zero-order chi connectivity index (χ0) is 19.2. The smallest absolute Gasteiger partial charge is 0.414 e. The highest BCUT2D eigenvalue weighted by Gasteiger charge is 2.32. The molecule has 0 aromatic heterocycles. The number of hydrogen-bond acceptors (Lipinski definition) is 3. The van der Waals surface area contributed by atoms with Crippen LogP contribution in [0.25, 0.3) is 0 Å². The van der Waals surface area contributed by atoms with Gasteiger partial charge < -0.3 is 10.1 Å². The molecule has 1 aliphatic heterocycles. The van der Waals surface area contributed by atoms with Gasteiger partial charge in [0.1, 0.15) is 11.9 Å². The number of carbonyl (C=O) groups is 2. The minimum Gasteiger partial charge on any atom is -0.442 e. The van der Waals surface area contributed by atoms with E-state index in [0.29, 0.717) is 13.0 Å². The zero-order valence-corrected chi connectivity index (χ0v) is 15.2. The van der Waals surface area contributed by atoms with Crippen molar-refractivity contribution in [2.45, 2.75) is 31.8 Å². The molecule has 2 amide bonds. The van der Waals surface area contributed by atoms with Crippen molar-refractivity contribution in [1.82, 2.24) is 5.32 Å². The Kier molecular flexibility index (Phi) is 6.06. The van der Waals surface area contributed by atoms with Gasteiger partial charge in [-0.2, -0.15) is 0 Å².